The molecule has 0 bridgehead atoms. The molecule has 9 heteroatoms. The van der Waals surface area contributed by atoms with E-state index in [4.69, 9.17) is 0 Å². The average molecular weight is 363 g/mol. The van der Waals surface area contributed by atoms with Crippen LogP contribution in [0.15, 0.2) is 41.3 Å². The third-order valence-corrected chi connectivity index (χ3v) is 4.97. The lowest BCUT2D eigenvalue weighted by Gasteiger charge is -2.12. The topological polar surface area (TPSA) is 104 Å². The number of fused-ring (bicyclic) bond motifs is 1. The molecule has 2 aromatic carbocycles. The lowest BCUT2D eigenvalue weighted by molar-refractivity contribution is -0.123. The molecular weight excluding hydrogens is 349 g/mol. The molecule has 0 aromatic heterocycles. The number of hydrogen-bond donors (Lipinski definition) is 3. The normalized spacial score (nSPS) is 14.2. The van der Waals surface area contributed by atoms with Gasteiger partial charge in [0.25, 0.3) is 10.0 Å². The van der Waals surface area contributed by atoms with Gasteiger partial charge in [-0.1, -0.05) is 6.07 Å². The molecule has 0 aliphatic carbocycles. The largest absolute Gasteiger partial charge is 0.324 e. The summed E-state index contributed by atoms with van der Waals surface area (Å²) in [7, 11) is -4.00. The van der Waals surface area contributed by atoms with Crippen LogP contribution in [-0.2, 0) is 19.6 Å². The Labute approximate surface area is 143 Å². The number of carbonyl (C=O) groups is 2. The highest BCUT2D eigenvalue weighted by molar-refractivity contribution is 7.92. The van der Waals surface area contributed by atoms with E-state index in [9.17, 15) is 22.4 Å². The van der Waals surface area contributed by atoms with Crippen LogP contribution in [0.5, 0.6) is 0 Å². The molecule has 0 spiro atoms. The van der Waals surface area contributed by atoms with E-state index in [1.54, 1.807) is 6.92 Å². The number of anilines is 3. The number of nitrogens with one attached hydrogen (secondary N) is 3. The minimum absolute atomic E-state index is 0.0791. The smallest absolute Gasteiger partial charge is 0.261 e. The van der Waals surface area contributed by atoms with Crippen LogP contribution in [0.4, 0.5) is 21.5 Å². The second-order valence-corrected chi connectivity index (χ2v) is 7.23. The fourth-order valence-corrected chi connectivity index (χ4v) is 3.38. The number of hydrogen-bond acceptors (Lipinski definition) is 4. The summed E-state index contributed by atoms with van der Waals surface area (Å²) in [5, 5.41) is 4.98. The molecule has 3 N–H and O–H groups in total. The second-order valence-electron chi connectivity index (χ2n) is 5.55. The molecule has 0 fully saturated rings. The molecule has 0 saturated carbocycles. The van der Waals surface area contributed by atoms with Crippen LogP contribution in [-0.4, -0.2) is 20.2 Å². The molecule has 1 aliphatic rings. The van der Waals surface area contributed by atoms with Crippen LogP contribution in [0.25, 0.3) is 0 Å². The Morgan fingerprint density at radius 1 is 1.00 bits per heavy atom. The van der Waals surface area contributed by atoms with Crippen molar-refractivity contribution >= 4 is 38.9 Å². The fraction of sp³-hybridized carbons (Fsp3) is 0.125. The van der Waals surface area contributed by atoms with Crippen LogP contribution in [0.2, 0.25) is 0 Å². The van der Waals surface area contributed by atoms with E-state index in [1.807, 2.05) is 0 Å². The number of amides is 2. The molecule has 0 saturated heterocycles. The van der Waals surface area contributed by atoms with E-state index in [1.165, 1.54) is 30.3 Å². The standard InChI is InChI=1S/C16H14FN3O4S/c1-9-2-3-10(6-12(9)17)20-25(23,24)11-4-5-13-14(7-11)19-16(22)8-15(21)18-13/h2-7,20H,8H2,1H3,(H,18,21)(H,19,22). The van der Waals surface area contributed by atoms with Crippen molar-refractivity contribution < 1.29 is 22.4 Å². The van der Waals surface area contributed by atoms with E-state index < -0.39 is 27.7 Å². The molecule has 130 valence electrons. The minimum atomic E-state index is -4.00. The Hall–Kier alpha value is -2.94. The molecule has 2 aromatic rings. The average Bonchev–Trinajstić information content (AvgIpc) is 2.66. The SMILES string of the molecule is Cc1ccc(NS(=O)(=O)c2ccc3c(c2)NC(=O)CC(=O)N3)cc1F. The quantitative estimate of drug-likeness (QED) is 0.727. The summed E-state index contributed by atoms with van der Waals surface area (Å²) < 4.78 is 40.8. The van der Waals surface area contributed by atoms with Crippen LogP contribution >= 0.6 is 0 Å². The molecule has 0 unspecified atom stereocenters. The van der Waals surface area contributed by atoms with E-state index in [0.29, 0.717) is 11.3 Å². The van der Waals surface area contributed by atoms with E-state index in [-0.39, 0.29) is 22.7 Å². The van der Waals surface area contributed by atoms with Gasteiger partial charge in [-0.3, -0.25) is 14.3 Å². The highest BCUT2D eigenvalue weighted by Crippen LogP contribution is 2.28. The third kappa shape index (κ3) is 3.61. The van der Waals surface area contributed by atoms with E-state index >= 15 is 0 Å². The van der Waals surface area contributed by atoms with Gasteiger partial charge in [-0.2, -0.15) is 0 Å². The van der Waals surface area contributed by atoms with Gasteiger partial charge >= 0.3 is 0 Å². The predicted octanol–water partition coefficient (Wildman–Crippen LogP) is 2.22. The number of aryl methyl sites for hydroxylation is 1. The van der Waals surface area contributed by atoms with Gasteiger partial charge in [0.15, 0.2) is 0 Å². The number of rotatable bonds is 3. The van der Waals surface area contributed by atoms with E-state index in [0.717, 1.165) is 6.07 Å². The summed E-state index contributed by atoms with van der Waals surface area (Å²) in [4.78, 5) is 23.0. The lowest BCUT2D eigenvalue weighted by atomic mass is 10.2. The number of benzene rings is 2. The fourth-order valence-electron chi connectivity index (χ4n) is 2.31. The highest BCUT2D eigenvalue weighted by Gasteiger charge is 2.22. The molecular formula is C16H14FN3O4S. The van der Waals surface area contributed by atoms with Gasteiger partial charge < -0.3 is 10.6 Å². The van der Waals surface area contributed by atoms with Gasteiger partial charge in [0.2, 0.25) is 11.8 Å². The first-order chi connectivity index (χ1) is 11.7. The van der Waals surface area contributed by atoms with Crippen molar-refractivity contribution in [2.75, 3.05) is 15.4 Å². The first-order valence-corrected chi connectivity index (χ1v) is 8.76. The van der Waals surface area contributed by atoms with Crippen molar-refractivity contribution in [2.45, 2.75) is 18.2 Å². The van der Waals surface area contributed by atoms with Gasteiger partial charge in [-0.15, -0.1) is 0 Å². The van der Waals surface area contributed by atoms with Crippen molar-refractivity contribution in [3.8, 4) is 0 Å². The summed E-state index contributed by atoms with van der Waals surface area (Å²) in [5.74, 6) is -1.56. The van der Waals surface area contributed by atoms with Crippen LogP contribution in [0.3, 0.4) is 0 Å². The predicted molar refractivity (Wildman–Crippen MR) is 90.3 cm³/mol. The number of halogens is 1. The lowest BCUT2D eigenvalue weighted by Crippen LogP contribution is -2.16. The summed E-state index contributed by atoms with van der Waals surface area (Å²) >= 11 is 0. The van der Waals surface area contributed by atoms with Gasteiger partial charge in [0.1, 0.15) is 12.2 Å². The van der Waals surface area contributed by atoms with Gasteiger partial charge in [0, 0.05) is 0 Å². The van der Waals surface area contributed by atoms with Crippen LogP contribution < -0.4 is 15.4 Å². The monoisotopic (exact) mass is 363 g/mol. The Morgan fingerprint density at radius 3 is 2.36 bits per heavy atom. The van der Waals surface area contributed by atoms with Crippen molar-refractivity contribution in [3.63, 3.8) is 0 Å². The van der Waals surface area contributed by atoms with Gasteiger partial charge in [0.05, 0.1) is 22.0 Å². The third-order valence-electron chi connectivity index (χ3n) is 3.59. The Kier molecular flexibility index (Phi) is 4.17. The number of carbonyl (C=O) groups excluding carboxylic acids is 2. The number of sulfonamides is 1. The van der Waals surface area contributed by atoms with Crippen molar-refractivity contribution in [2.24, 2.45) is 0 Å². The highest BCUT2D eigenvalue weighted by atomic mass is 32.2. The van der Waals surface area contributed by atoms with Crippen LogP contribution in [0, 0.1) is 12.7 Å². The molecule has 2 amide bonds. The van der Waals surface area contributed by atoms with Gasteiger partial charge in [-0.25, -0.2) is 12.8 Å². The summed E-state index contributed by atoms with van der Waals surface area (Å²) in [6.07, 6.45) is -0.350. The van der Waals surface area contributed by atoms with Crippen molar-refractivity contribution in [1.29, 1.82) is 0 Å². The first-order valence-electron chi connectivity index (χ1n) is 7.27. The zero-order chi connectivity index (χ0) is 18.2. The molecule has 25 heavy (non-hydrogen) atoms. The zero-order valence-electron chi connectivity index (χ0n) is 13.1. The Bertz CT molecular complexity index is 989. The minimum Gasteiger partial charge on any atom is -0.324 e. The molecule has 7 nitrogen and oxygen atoms in total. The first kappa shape index (κ1) is 16.9. The maximum atomic E-state index is 13.6. The maximum Gasteiger partial charge on any atom is 0.261 e. The zero-order valence-corrected chi connectivity index (χ0v) is 13.9. The van der Waals surface area contributed by atoms with Gasteiger partial charge in [-0.05, 0) is 42.8 Å². The molecule has 0 atom stereocenters. The van der Waals surface area contributed by atoms with Crippen LogP contribution in [0.1, 0.15) is 12.0 Å². The summed E-state index contributed by atoms with van der Waals surface area (Å²) in [6, 6.07) is 7.87. The molecule has 3 rings (SSSR count). The molecule has 1 heterocycles. The van der Waals surface area contributed by atoms with Crippen molar-refractivity contribution in [3.05, 3.63) is 47.8 Å². The maximum absolute atomic E-state index is 13.6. The summed E-state index contributed by atoms with van der Waals surface area (Å²) in [5.41, 5.74) is 0.951. The Balaban J connectivity index is 1.94. The van der Waals surface area contributed by atoms with Crippen molar-refractivity contribution in [1.82, 2.24) is 0 Å². The van der Waals surface area contributed by atoms with E-state index in [2.05, 4.69) is 15.4 Å². The molecule has 1 aliphatic heterocycles. The molecule has 0 radical (unpaired) electrons. The summed E-state index contributed by atoms with van der Waals surface area (Å²) in [6.45, 7) is 1.57. The second kappa shape index (κ2) is 6.17. The Morgan fingerprint density at radius 2 is 1.68 bits per heavy atom.